The maximum absolute atomic E-state index is 3.77. The van der Waals surface area contributed by atoms with E-state index in [0.29, 0.717) is 6.04 Å². The molecule has 2 fully saturated rings. The minimum absolute atomic E-state index is 0.673. The normalized spacial score (nSPS) is 33.6. The topological polar surface area (TPSA) is 24.1 Å². The van der Waals surface area contributed by atoms with E-state index < -0.39 is 0 Å². The lowest BCUT2D eigenvalue weighted by Crippen LogP contribution is -2.37. The van der Waals surface area contributed by atoms with Crippen LogP contribution < -0.4 is 10.6 Å². The molecular formula is C18H36N2. The second kappa shape index (κ2) is 9.04. The van der Waals surface area contributed by atoms with E-state index in [1.807, 2.05) is 0 Å². The lowest BCUT2D eigenvalue weighted by Gasteiger charge is -2.27. The smallest absolute Gasteiger partial charge is 0.00817 e. The predicted octanol–water partition coefficient (Wildman–Crippen LogP) is 4.10. The van der Waals surface area contributed by atoms with E-state index in [9.17, 15) is 0 Å². The molecule has 0 amide bonds. The molecule has 1 aliphatic heterocycles. The van der Waals surface area contributed by atoms with Crippen LogP contribution in [0, 0.1) is 11.8 Å². The van der Waals surface area contributed by atoms with Crippen molar-refractivity contribution in [3.05, 3.63) is 0 Å². The Bertz CT molecular complexity index is 246. The summed E-state index contributed by atoms with van der Waals surface area (Å²) >= 11 is 0. The fourth-order valence-corrected chi connectivity index (χ4v) is 4.17. The highest BCUT2D eigenvalue weighted by Crippen LogP contribution is 2.30. The zero-order chi connectivity index (χ0) is 14.2. The predicted molar refractivity (Wildman–Crippen MR) is 88.1 cm³/mol. The number of hydrogen-bond acceptors (Lipinski definition) is 2. The van der Waals surface area contributed by atoms with E-state index >= 15 is 0 Å². The van der Waals surface area contributed by atoms with Gasteiger partial charge in [0, 0.05) is 12.1 Å². The van der Waals surface area contributed by atoms with Crippen molar-refractivity contribution in [3.8, 4) is 0 Å². The third kappa shape index (κ3) is 6.13. The van der Waals surface area contributed by atoms with Crippen molar-refractivity contribution in [2.45, 2.75) is 90.1 Å². The van der Waals surface area contributed by atoms with Crippen LogP contribution in [-0.2, 0) is 0 Å². The molecule has 4 atom stereocenters. The van der Waals surface area contributed by atoms with Gasteiger partial charge in [0.25, 0.3) is 0 Å². The average molecular weight is 280 g/mol. The molecule has 0 aromatic carbocycles. The Morgan fingerprint density at radius 1 is 1.10 bits per heavy atom. The van der Waals surface area contributed by atoms with Gasteiger partial charge in [0.15, 0.2) is 0 Å². The fourth-order valence-electron chi connectivity index (χ4n) is 4.17. The van der Waals surface area contributed by atoms with Crippen LogP contribution in [0.2, 0.25) is 0 Å². The van der Waals surface area contributed by atoms with Crippen LogP contribution in [0.5, 0.6) is 0 Å². The van der Waals surface area contributed by atoms with E-state index in [1.54, 1.807) is 0 Å². The monoisotopic (exact) mass is 280 g/mol. The SMILES string of the molecule is CC1CCCC(CCNC(C)CC2CCCCCN2)C1. The van der Waals surface area contributed by atoms with Crippen molar-refractivity contribution in [1.82, 2.24) is 10.6 Å². The molecule has 0 aromatic heterocycles. The van der Waals surface area contributed by atoms with Crippen LogP contribution in [0.4, 0.5) is 0 Å². The molecule has 1 heterocycles. The van der Waals surface area contributed by atoms with Gasteiger partial charge in [-0.2, -0.15) is 0 Å². The highest BCUT2D eigenvalue weighted by molar-refractivity contribution is 4.77. The Morgan fingerprint density at radius 3 is 2.85 bits per heavy atom. The van der Waals surface area contributed by atoms with Crippen molar-refractivity contribution in [3.63, 3.8) is 0 Å². The number of hydrogen-bond donors (Lipinski definition) is 2. The third-order valence-corrected chi connectivity index (χ3v) is 5.39. The van der Waals surface area contributed by atoms with Gasteiger partial charge in [-0.05, 0) is 64.0 Å². The van der Waals surface area contributed by atoms with Gasteiger partial charge in [-0.25, -0.2) is 0 Å². The fraction of sp³-hybridized carbons (Fsp3) is 1.00. The minimum Gasteiger partial charge on any atom is -0.314 e. The van der Waals surface area contributed by atoms with Gasteiger partial charge >= 0.3 is 0 Å². The Kier molecular flexibility index (Phi) is 7.37. The summed E-state index contributed by atoms with van der Waals surface area (Å²) in [5.74, 6) is 1.97. The molecule has 0 aromatic rings. The molecule has 1 aliphatic carbocycles. The summed E-state index contributed by atoms with van der Waals surface area (Å²) in [6, 6.07) is 1.43. The van der Waals surface area contributed by atoms with Crippen molar-refractivity contribution in [2.24, 2.45) is 11.8 Å². The Balaban J connectivity index is 1.56. The number of nitrogens with one attached hydrogen (secondary N) is 2. The van der Waals surface area contributed by atoms with Gasteiger partial charge in [0.2, 0.25) is 0 Å². The van der Waals surface area contributed by atoms with Crippen LogP contribution in [0.15, 0.2) is 0 Å². The van der Waals surface area contributed by atoms with Crippen LogP contribution >= 0.6 is 0 Å². The first-order chi connectivity index (χ1) is 9.74. The van der Waals surface area contributed by atoms with Crippen molar-refractivity contribution < 1.29 is 0 Å². The van der Waals surface area contributed by atoms with E-state index in [-0.39, 0.29) is 0 Å². The average Bonchev–Trinajstić information content (AvgIpc) is 2.67. The molecule has 20 heavy (non-hydrogen) atoms. The zero-order valence-electron chi connectivity index (χ0n) is 13.8. The summed E-state index contributed by atoms with van der Waals surface area (Å²) in [6.45, 7) is 7.26. The van der Waals surface area contributed by atoms with Crippen molar-refractivity contribution in [2.75, 3.05) is 13.1 Å². The summed E-state index contributed by atoms with van der Waals surface area (Å²) in [5.41, 5.74) is 0. The van der Waals surface area contributed by atoms with Gasteiger partial charge in [-0.3, -0.25) is 0 Å². The van der Waals surface area contributed by atoms with Gasteiger partial charge in [0.1, 0.15) is 0 Å². The second-order valence-electron chi connectivity index (χ2n) is 7.52. The molecule has 2 heteroatoms. The minimum atomic E-state index is 0.673. The Morgan fingerprint density at radius 2 is 2.00 bits per heavy atom. The summed E-state index contributed by atoms with van der Waals surface area (Å²) in [6.07, 6.45) is 14.2. The first-order valence-corrected chi connectivity index (χ1v) is 9.21. The van der Waals surface area contributed by atoms with Gasteiger partial charge in [-0.1, -0.05) is 39.0 Å². The molecule has 4 unspecified atom stereocenters. The molecule has 118 valence electrons. The van der Waals surface area contributed by atoms with Crippen LogP contribution in [0.1, 0.15) is 78.1 Å². The first-order valence-electron chi connectivity index (χ1n) is 9.21. The van der Waals surface area contributed by atoms with E-state index in [2.05, 4.69) is 24.5 Å². The highest BCUT2D eigenvalue weighted by Gasteiger charge is 2.19. The maximum atomic E-state index is 3.77. The lowest BCUT2D eigenvalue weighted by atomic mass is 9.81. The standard InChI is InChI=1S/C18H36N2/c1-15-7-6-8-17(13-15)10-12-19-16(2)14-18-9-4-3-5-11-20-18/h15-20H,3-14H2,1-2H3. The van der Waals surface area contributed by atoms with E-state index in [4.69, 9.17) is 0 Å². The van der Waals surface area contributed by atoms with Gasteiger partial charge in [-0.15, -0.1) is 0 Å². The van der Waals surface area contributed by atoms with Gasteiger partial charge < -0.3 is 10.6 Å². The third-order valence-electron chi connectivity index (χ3n) is 5.39. The first kappa shape index (κ1) is 16.3. The molecule has 2 nitrogen and oxygen atoms in total. The lowest BCUT2D eigenvalue weighted by molar-refractivity contribution is 0.263. The van der Waals surface area contributed by atoms with Crippen LogP contribution in [0.25, 0.3) is 0 Å². The zero-order valence-corrected chi connectivity index (χ0v) is 13.8. The summed E-state index contributed by atoms with van der Waals surface area (Å²) in [5, 5.41) is 7.49. The van der Waals surface area contributed by atoms with Gasteiger partial charge in [0.05, 0.1) is 0 Å². The summed E-state index contributed by atoms with van der Waals surface area (Å²) in [4.78, 5) is 0. The summed E-state index contributed by atoms with van der Waals surface area (Å²) in [7, 11) is 0. The Labute approximate surface area is 126 Å². The number of rotatable bonds is 6. The quantitative estimate of drug-likeness (QED) is 0.765. The van der Waals surface area contributed by atoms with Crippen molar-refractivity contribution >= 4 is 0 Å². The van der Waals surface area contributed by atoms with Crippen LogP contribution in [-0.4, -0.2) is 25.2 Å². The largest absolute Gasteiger partial charge is 0.314 e. The molecule has 2 N–H and O–H groups in total. The van der Waals surface area contributed by atoms with Crippen LogP contribution in [0.3, 0.4) is 0 Å². The molecule has 1 saturated carbocycles. The molecule has 0 bridgehead atoms. The molecule has 1 saturated heterocycles. The second-order valence-corrected chi connectivity index (χ2v) is 7.52. The molecule has 2 aliphatic rings. The molecular weight excluding hydrogens is 244 g/mol. The highest BCUT2D eigenvalue weighted by atomic mass is 14.9. The maximum Gasteiger partial charge on any atom is 0.00817 e. The molecule has 0 spiro atoms. The molecule has 2 rings (SSSR count). The van der Waals surface area contributed by atoms with Crippen molar-refractivity contribution in [1.29, 1.82) is 0 Å². The Hall–Kier alpha value is -0.0800. The van der Waals surface area contributed by atoms with E-state index in [1.165, 1.54) is 77.3 Å². The summed E-state index contributed by atoms with van der Waals surface area (Å²) < 4.78 is 0. The van der Waals surface area contributed by atoms with E-state index in [0.717, 1.165) is 17.9 Å². The molecule has 0 radical (unpaired) electrons.